The zero-order chi connectivity index (χ0) is 40.9. The predicted molar refractivity (Wildman–Crippen MR) is 241 cm³/mol. The lowest BCUT2D eigenvalue weighted by Gasteiger charge is -2.46. The van der Waals surface area contributed by atoms with Gasteiger partial charge in [0.1, 0.15) is 10.6 Å². The van der Waals surface area contributed by atoms with E-state index in [-0.39, 0.29) is 9.79 Å². The highest BCUT2D eigenvalue weighted by Crippen LogP contribution is 2.39. The molecule has 1 unspecified atom stereocenters. The van der Waals surface area contributed by atoms with E-state index in [1.165, 1.54) is 109 Å². The molecule has 0 spiro atoms. The molecule has 3 aromatic rings. The minimum absolute atomic E-state index is 0.209. The number of sulfone groups is 1. The summed E-state index contributed by atoms with van der Waals surface area (Å²) in [6, 6.07) is 14.3. The number of anilines is 1. The molecule has 11 heteroatoms. The van der Waals surface area contributed by atoms with Crippen LogP contribution < -0.4 is 9.64 Å². The number of hydrogen-bond donors (Lipinski definition) is 0. The lowest BCUT2D eigenvalue weighted by Crippen LogP contribution is -2.56. The summed E-state index contributed by atoms with van der Waals surface area (Å²) in [5, 5.41) is 0.743. The van der Waals surface area contributed by atoms with Crippen LogP contribution in [0.4, 0.5) is 5.69 Å². The highest BCUT2D eigenvalue weighted by atomic mass is 32.2. The largest absolute Gasteiger partial charge is 0.494 e. The molecule has 3 aliphatic rings. The van der Waals surface area contributed by atoms with Gasteiger partial charge in [-0.25, -0.2) is 8.42 Å². The first-order valence-electron chi connectivity index (χ1n) is 22.9. The van der Waals surface area contributed by atoms with Gasteiger partial charge in [-0.15, -0.1) is 0 Å². The lowest BCUT2D eigenvalue weighted by atomic mass is 9.96. The Morgan fingerprint density at radius 1 is 0.724 bits per heavy atom. The van der Waals surface area contributed by atoms with E-state index in [0.717, 1.165) is 57.2 Å². The molecular weight excluding hydrogens is 763 g/mol. The second kappa shape index (κ2) is 22.3. The summed E-state index contributed by atoms with van der Waals surface area (Å²) >= 11 is 0. The number of rotatable bonds is 21. The van der Waals surface area contributed by atoms with Gasteiger partial charge in [0.05, 0.1) is 22.7 Å². The lowest BCUT2D eigenvalue weighted by molar-refractivity contribution is 0.0359. The number of fused-ring (bicyclic) bond motifs is 1. The van der Waals surface area contributed by atoms with Crippen LogP contribution in [0.3, 0.4) is 0 Å². The molecule has 0 bridgehead atoms. The van der Waals surface area contributed by atoms with Crippen molar-refractivity contribution in [2.75, 3.05) is 70.1 Å². The Bertz CT molecular complexity index is 1830. The number of benzene rings is 2. The number of nitrogens with zero attached hydrogens (tertiary/aromatic N) is 5. The van der Waals surface area contributed by atoms with E-state index in [2.05, 4.69) is 45.4 Å². The first kappa shape index (κ1) is 45.0. The van der Waals surface area contributed by atoms with Crippen molar-refractivity contribution in [1.29, 1.82) is 0 Å². The number of ether oxygens (including phenoxy) is 1. The van der Waals surface area contributed by atoms with Crippen LogP contribution in [-0.4, -0.2) is 116 Å². The van der Waals surface area contributed by atoms with Gasteiger partial charge in [0.15, 0.2) is 0 Å². The van der Waals surface area contributed by atoms with Crippen LogP contribution in [0.5, 0.6) is 5.75 Å². The average molecular weight is 836 g/mol. The van der Waals surface area contributed by atoms with Gasteiger partial charge in [0, 0.05) is 90.9 Å². The summed E-state index contributed by atoms with van der Waals surface area (Å²) < 4.78 is 47.7. The van der Waals surface area contributed by atoms with Crippen molar-refractivity contribution in [2.24, 2.45) is 0 Å². The Labute approximate surface area is 353 Å². The predicted octanol–water partition coefficient (Wildman–Crippen LogP) is 9.34. The van der Waals surface area contributed by atoms with E-state index >= 15 is 0 Å². The van der Waals surface area contributed by atoms with Crippen molar-refractivity contribution in [3.8, 4) is 5.75 Å². The Balaban J connectivity index is 1.04. The monoisotopic (exact) mass is 836 g/mol. The summed E-state index contributed by atoms with van der Waals surface area (Å²) in [5.74, 6) is 0.689. The maximum absolute atomic E-state index is 14.5. The number of pyridine rings is 1. The van der Waals surface area contributed by atoms with Crippen LogP contribution in [0, 0.1) is 0 Å². The zero-order valence-electron chi connectivity index (χ0n) is 36.2. The van der Waals surface area contributed by atoms with E-state index in [1.54, 1.807) is 30.5 Å². The molecule has 6 rings (SSSR count). The van der Waals surface area contributed by atoms with Gasteiger partial charge in [-0.1, -0.05) is 77.6 Å². The fraction of sp³-hybridized carbons (Fsp3) is 0.681. The molecule has 58 heavy (non-hydrogen) atoms. The van der Waals surface area contributed by atoms with E-state index in [1.807, 2.05) is 18.2 Å². The van der Waals surface area contributed by atoms with Gasteiger partial charge in [0.2, 0.25) is 9.84 Å². The molecule has 9 nitrogen and oxygen atoms in total. The molecule has 3 saturated heterocycles. The van der Waals surface area contributed by atoms with Crippen molar-refractivity contribution in [1.82, 2.24) is 19.7 Å². The minimum Gasteiger partial charge on any atom is -0.494 e. The van der Waals surface area contributed by atoms with Gasteiger partial charge in [-0.3, -0.25) is 19.0 Å². The molecule has 3 fully saturated rings. The number of aromatic nitrogens is 1. The Kier molecular flexibility index (Phi) is 17.3. The SMILES string of the molecule is CCCCCCCCCCCCCCOc1ccc(S(=O)(=O)c2cnc3ccc(S(C)=O)cc3c2N2CCC(N3CCC(N4CCN(C(C)C)CC4)CC3)CC2)cc1. The van der Waals surface area contributed by atoms with Gasteiger partial charge in [0.25, 0.3) is 0 Å². The van der Waals surface area contributed by atoms with E-state index in [9.17, 15) is 12.6 Å². The maximum atomic E-state index is 14.5. The standard InChI is InChI=1S/C47H73N5O4S2/c1-5-6-7-8-9-10-11-12-13-14-15-16-35-56-41-17-20-43(21-18-41)58(54,55)46-37-48-45-22-19-42(57(4)53)36-44(45)47(46)52-29-25-39(26-30-52)50-27-23-40(24-28-50)51-33-31-49(32-34-51)38(2)3/h17-22,36-40H,5-16,23-35H2,1-4H3. The third-order valence-electron chi connectivity index (χ3n) is 13.2. The van der Waals surface area contributed by atoms with Crippen molar-refractivity contribution in [3.63, 3.8) is 0 Å². The molecular formula is C47H73N5O4S2. The second-order valence-corrected chi connectivity index (χ2v) is 20.8. The maximum Gasteiger partial charge on any atom is 0.210 e. The topological polar surface area (TPSA) is 86.3 Å². The van der Waals surface area contributed by atoms with Crippen LogP contribution in [0.15, 0.2) is 63.3 Å². The molecule has 2 aromatic carbocycles. The van der Waals surface area contributed by atoms with Crippen molar-refractivity contribution in [2.45, 2.75) is 156 Å². The molecule has 3 aliphatic heterocycles. The quantitative estimate of drug-likeness (QED) is 0.0976. The number of hydrogen-bond acceptors (Lipinski definition) is 9. The molecule has 0 radical (unpaired) electrons. The van der Waals surface area contributed by atoms with Crippen LogP contribution in [0.2, 0.25) is 0 Å². The molecule has 0 aliphatic carbocycles. The third-order valence-corrected chi connectivity index (χ3v) is 15.9. The van der Waals surface area contributed by atoms with Crippen molar-refractivity contribution < 1.29 is 17.4 Å². The molecule has 0 saturated carbocycles. The van der Waals surface area contributed by atoms with Crippen LogP contribution in [-0.2, 0) is 20.6 Å². The average Bonchev–Trinajstić information content (AvgIpc) is 3.25. The summed E-state index contributed by atoms with van der Waals surface area (Å²) in [4.78, 5) is 16.0. The van der Waals surface area contributed by atoms with Crippen LogP contribution in [0.25, 0.3) is 10.9 Å². The number of piperazine rings is 1. The summed E-state index contributed by atoms with van der Waals surface area (Å²) in [7, 11) is -5.14. The number of unbranched alkanes of at least 4 members (excludes halogenated alkanes) is 11. The fourth-order valence-electron chi connectivity index (χ4n) is 9.51. The van der Waals surface area contributed by atoms with Crippen molar-refractivity contribution in [3.05, 3.63) is 48.7 Å². The number of likely N-dealkylation sites (tertiary alicyclic amines) is 1. The Morgan fingerprint density at radius 2 is 1.28 bits per heavy atom. The third kappa shape index (κ3) is 12.0. The highest BCUT2D eigenvalue weighted by molar-refractivity contribution is 7.91. The van der Waals surface area contributed by atoms with Crippen LogP contribution in [0.1, 0.15) is 124 Å². The van der Waals surface area contributed by atoms with Gasteiger partial charge in [-0.05, 0) is 102 Å². The fourth-order valence-corrected chi connectivity index (χ4v) is 11.5. The Hall–Kier alpha value is -2.57. The van der Waals surface area contributed by atoms with Gasteiger partial charge >= 0.3 is 0 Å². The van der Waals surface area contributed by atoms with E-state index < -0.39 is 20.6 Å². The number of piperidine rings is 2. The normalized spacial score (nSPS) is 19.0. The zero-order valence-corrected chi connectivity index (χ0v) is 37.8. The van der Waals surface area contributed by atoms with Crippen molar-refractivity contribution >= 4 is 37.2 Å². The molecule has 0 amide bonds. The molecule has 0 N–H and O–H groups in total. The van der Waals surface area contributed by atoms with Gasteiger partial charge in [-0.2, -0.15) is 0 Å². The Morgan fingerprint density at radius 3 is 1.84 bits per heavy atom. The summed E-state index contributed by atoms with van der Waals surface area (Å²) in [5.41, 5.74) is 1.39. The van der Waals surface area contributed by atoms with Gasteiger partial charge < -0.3 is 14.5 Å². The first-order valence-corrected chi connectivity index (χ1v) is 25.9. The van der Waals surface area contributed by atoms with E-state index in [0.29, 0.717) is 46.6 Å². The second-order valence-electron chi connectivity index (χ2n) is 17.5. The molecule has 4 heterocycles. The summed E-state index contributed by atoms with van der Waals surface area (Å²) in [6.07, 6.45) is 23.2. The molecule has 1 aromatic heterocycles. The molecule has 1 atom stereocenters. The summed E-state index contributed by atoms with van der Waals surface area (Å²) in [6.45, 7) is 16.0. The molecule has 322 valence electrons. The minimum atomic E-state index is -3.92. The van der Waals surface area contributed by atoms with Crippen LogP contribution >= 0.6 is 0 Å². The highest BCUT2D eigenvalue weighted by Gasteiger charge is 2.34. The smallest absolute Gasteiger partial charge is 0.210 e. The first-order chi connectivity index (χ1) is 28.2. The van der Waals surface area contributed by atoms with E-state index in [4.69, 9.17) is 4.74 Å².